The molecule has 1 heterocycles. The van der Waals surface area contributed by atoms with Gasteiger partial charge in [-0.3, -0.25) is 0 Å². The van der Waals surface area contributed by atoms with E-state index >= 15 is 0 Å². The lowest BCUT2D eigenvalue weighted by molar-refractivity contribution is 0.628. The van der Waals surface area contributed by atoms with Crippen LogP contribution >= 0.6 is 11.6 Å². The SMILES string of the molecule is CNc1nc(-c2ccc(F)cc2)nc2cc(Cl)ccc12. The number of fused-ring (bicyclic) bond motifs is 1. The van der Waals surface area contributed by atoms with E-state index < -0.39 is 0 Å². The molecule has 1 N–H and O–H groups in total. The molecule has 2 aromatic carbocycles. The second-order valence-corrected chi connectivity index (χ2v) is 4.75. The zero-order chi connectivity index (χ0) is 14.1. The molecule has 0 saturated heterocycles. The van der Waals surface area contributed by atoms with Gasteiger partial charge in [-0.1, -0.05) is 11.6 Å². The van der Waals surface area contributed by atoms with Crippen LogP contribution in [0, 0.1) is 5.82 Å². The van der Waals surface area contributed by atoms with Crippen LogP contribution in [0.1, 0.15) is 0 Å². The fourth-order valence-electron chi connectivity index (χ4n) is 2.02. The molecule has 0 fully saturated rings. The van der Waals surface area contributed by atoms with E-state index in [9.17, 15) is 4.39 Å². The van der Waals surface area contributed by atoms with Crippen LogP contribution in [0.25, 0.3) is 22.3 Å². The van der Waals surface area contributed by atoms with Crippen molar-refractivity contribution in [1.29, 1.82) is 0 Å². The van der Waals surface area contributed by atoms with Crippen LogP contribution in [-0.2, 0) is 0 Å². The summed E-state index contributed by atoms with van der Waals surface area (Å²) in [6.45, 7) is 0. The minimum atomic E-state index is -0.286. The summed E-state index contributed by atoms with van der Waals surface area (Å²) in [5.74, 6) is 0.960. The summed E-state index contributed by atoms with van der Waals surface area (Å²) in [6.07, 6.45) is 0. The molecule has 0 amide bonds. The van der Waals surface area contributed by atoms with Gasteiger partial charge in [0.1, 0.15) is 11.6 Å². The maximum absolute atomic E-state index is 13.0. The Morgan fingerprint density at radius 3 is 2.50 bits per heavy atom. The molecule has 0 aliphatic heterocycles. The van der Waals surface area contributed by atoms with Crippen LogP contribution in [0.5, 0.6) is 0 Å². The number of rotatable bonds is 2. The van der Waals surface area contributed by atoms with Gasteiger partial charge in [0.15, 0.2) is 5.82 Å². The van der Waals surface area contributed by atoms with Gasteiger partial charge in [0, 0.05) is 23.0 Å². The van der Waals surface area contributed by atoms with E-state index in [4.69, 9.17) is 11.6 Å². The number of anilines is 1. The summed E-state index contributed by atoms with van der Waals surface area (Å²) in [7, 11) is 1.80. The summed E-state index contributed by atoms with van der Waals surface area (Å²) >= 11 is 6.00. The Labute approximate surface area is 120 Å². The molecule has 0 aliphatic carbocycles. The Morgan fingerprint density at radius 1 is 1.05 bits per heavy atom. The summed E-state index contributed by atoms with van der Waals surface area (Å²) in [4.78, 5) is 8.95. The molecule has 0 saturated carbocycles. The van der Waals surface area contributed by atoms with Crippen LogP contribution in [0.2, 0.25) is 5.02 Å². The predicted molar refractivity (Wildman–Crippen MR) is 79.5 cm³/mol. The molecule has 0 atom stereocenters. The van der Waals surface area contributed by atoms with Gasteiger partial charge in [-0.2, -0.15) is 0 Å². The summed E-state index contributed by atoms with van der Waals surface area (Å²) in [5, 5.41) is 4.55. The molecule has 3 aromatic rings. The minimum absolute atomic E-state index is 0.286. The Morgan fingerprint density at radius 2 is 1.80 bits per heavy atom. The monoisotopic (exact) mass is 287 g/mol. The molecule has 1 aromatic heterocycles. The lowest BCUT2D eigenvalue weighted by atomic mass is 10.2. The molecule has 3 rings (SSSR count). The second kappa shape index (κ2) is 5.06. The number of nitrogens with one attached hydrogen (secondary N) is 1. The van der Waals surface area contributed by atoms with Gasteiger partial charge < -0.3 is 5.32 Å². The molecule has 20 heavy (non-hydrogen) atoms. The fourth-order valence-corrected chi connectivity index (χ4v) is 2.19. The van der Waals surface area contributed by atoms with E-state index in [1.807, 2.05) is 6.07 Å². The first-order chi connectivity index (χ1) is 9.67. The number of aromatic nitrogens is 2. The van der Waals surface area contributed by atoms with Crippen molar-refractivity contribution in [3.8, 4) is 11.4 Å². The first kappa shape index (κ1) is 12.8. The van der Waals surface area contributed by atoms with Crippen molar-refractivity contribution < 1.29 is 4.39 Å². The highest BCUT2D eigenvalue weighted by Gasteiger charge is 2.09. The molecule has 100 valence electrons. The third kappa shape index (κ3) is 2.30. The Bertz CT molecular complexity index is 772. The first-order valence-corrected chi connectivity index (χ1v) is 6.46. The highest BCUT2D eigenvalue weighted by atomic mass is 35.5. The number of halogens is 2. The van der Waals surface area contributed by atoms with Crippen molar-refractivity contribution in [1.82, 2.24) is 9.97 Å². The number of hydrogen-bond donors (Lipinski definition) is 1. The lowest BCUT2D eigenvalue weighted by Gasteiger charge is -2.08. The van der Waals surface area contributed by atoms with Crippen LogP contribution in [0.4, 0.5) is 10.2 Å². The molecule has 0 radical (unpaired) electrons. The smallest absolute Gasteiger partial charge is 0.162 e. The van der Waals surface area contributed by atoms with Gasteiger partial charge in [0.05, 0.1) is 5.52 Å². The van der Waals surface area contributed by atoms with Crippen molar-refractivity contribution in [3.63, 3.8) is 0 Å². The van der Waals surface area contributed by atoms with Crippen LogP contribution in [0.3, 0.4) is 0 Å². The Balaban J connectivity index is 2.23. The van der Waals surface area contributed by atoms with Crippen molar-refractivity contribution >= 4 is 28.3 Å². The van der Waals surface area contributed by atoms with E-state index in [0.717, 1.165) is 16.5 Å². The van der Waals surface area contributed by atoms with Gasteiger partial charge >= 0.3 is 0 Å². The Hall–Kier alpha value is -2.20. The summed E-state index contributed by atoms with van der Waals surface area (Å²) in [5.41, 5.74) is 1.50. The molecular formula is C15H11ClFN3. The van der Waals surface area contributed by atoms with Gasteiger partial charge in [-0.05, 0) is 42.5 Å². The largest absolute Gasteiger partial charge is 0.373 e. The normalized spacial score (nSPS) is 10.8. The minimum Gasteiger partial charge on any atom is -0.373 e. The van der Waals surface area contributed by atoms with E-state index in [1.165, 1.54) is 12.1 Å². The number of benzene rings is 2. The second-order valence-electron chi connectivity index (χ2n) is 4.31. The third-order valence-corrected chi connectivity index (χ3v) is 3.23. The highest BCUT2D eigenvalue weighted by Crippen LogP contribution is 2.26. The van der Waals surface area contributed by atoms with Crippen LogP contribution in [0.15, 0.2) is 42.5 Å². The van der Waals surface area contributed by atoms with E-state index in [2.05, 4.69) is 15.3 Å². The van der Waals surface area contributed by atoms with Crippen molar-refractivity contribution in [2.75, 3.05) is 12.4 Å². The quantitative estimate of drug-likeness (QED) is 0.770. The number of nitrogens with zero attached hydrogens (tertiary/aromatic N) is 2. The summed E-state index contributed by atoms with van der Waals surface area (Å²) in [6, 6.07) is 11.5. The van der Waals surface area contributed by atoms with E-state index in [1.54, 1.807) is 31.3 Å². The van der Waals surface area contributed by atoms with Crippen LogP contribution in [-0.4, -0.2) is 17.0 Å². The summed E-state index contributed by atoms with van der Waals surface area (Å²) < 4.78 is 13.0. The Kier molecular flexibility index (Phi) is 3.24. The predicted octanol–water partition coefficient (Wildman–Crippen LogP) is 4.13. The van der Waals surface area contributed by atoms with Gasteiger partial charge in [-0.25, -0.2) is 14.4 Å². The highest BCUT2D eigenvalue weighted by molar-refractivity contribution is 6.31. The molecule has 0 spiro atoms. The first-order valence-electron chi connectivity index (χ1n) is 6.08. The average Bonchev–Trinajstić information content (AvgIpc) is 2.46. The zero-order valence-electron chi connectivity index (χ0n) is 10.7. The van der Waals surface area contributed by atoms with Gasteiger partial charge in [0.25, 0.3) is 0 Å². The lowest BCUT2D eigenvalue weighted by Crippen LogP contribution is -1.98. The molecule has 5 heteroatoms. The zero-order valence-corrected chi connectivity index (χ0v) is 11.4. The van der Waals surface area contributed by atoms with E-state index in [-0.39, 0.29) is 5.82 Å². The average molecular weight is 288 g/mol. The van der Waals surface area contributed by atoms with Gasteiger partial charge in [-0.15, -0.1) is 0 Å². The van der Waals surface area contributed by atoms with Crippen molar-refractivity contribution in [2.24, 2.45) is 0 Å². The molecule has 0 aliphatic rings. The molecule has 3 nitrogen and oxygen atoms in total. The standard InChI is InChI=1S/C15H11ClFN3/c1-18-15-12-7-4-10(16)8-13(12)19-14(20-15)9-2-5-11(17)6-3-9/h2-8H,1H3,(H,18,19,20). The van der Waals surface area contributed by atoms with Crippen molar-refractivity contribution in [3.05, 3.63) is 53.3 Å². The maximum atomic E-state index is 13.0. The molecule has 0 bridgehead atoms. The maximum Gasteiger partial charge on any atom is 0.162 e. The topological polar surface area (TPSA) is 37.8 Å². The van der Waals surface area contributed by atoms with E-state index in [0.29, 0.717) is 16.7 Å². The van der Waals surface area contributed by atoms with Gasteiger partial charge in [0.2, 0.25) is 0 Å². The van der Waals surface area contributed by atoms with Crippen LogP contribution < -0.4 is 5.32 Å². The molecular weight excluding hydrogens is 277 g/mol. The number of hydrogen-bond acceptors (Lipinski definition) is 3. The third-order valence-electron chi connectivity index (χ3n) is 3.00. The molecule has 0 unspecified atom stereocenters. The fraction of sp³-hybridized carbons (Fsp3) is 0.0667. The van der Waals surface area contributed by atoms with Crippen molar-refractivity contribution in [2.45, 2.75) is 0 Å².